The molecule has 1 aromatic heterocycles. The largest absolute Gasteiger partial charge is 0.478 e. The summed E-state index contributed by atoms with van der Waals surface area (Å²) in [6.07, 6.45) is -2.23. The molecular weight excluding hydrogens is 363 g/mol. The standard InChI is InChI=1S/C18H18F3N3O3/c1-11-3-2-8-23(10-11)16(25)12-4-6-13(7-5-12)24-15(18(19,20)21)14(9-22-24)17(26)27/h4-7,9,11H,2-3,8,10H2,1H3,(H,26,27). The van der Waals surface area contributed by atoms with Crippen LogP contribution in [0.2, 0.25) is 0 Å². The zero-order valence-corrected chi connectivity index (χ0v) is 14.5. The van der Waals surface area contributed by atoms with Gasteiger partial charge >= 0.3 is 12.1 Å². The number of nitrogens with zero attached hydrogens (tertiary/aromatic N) is 3. The number of hydrogen-bond donors (Lipinski definition) is 1. The van der Waals surface area contributed by atoms with Gasteiger partial charge in [0, 0.05) is 18.7 Å². The lowest BCUT2D eigenvalue weighted by atomic mass is 9.99. The van der Waals surface area contributed by atoms with E-state index in [1.807, 2.05) is 0 Å². The molecule has 9 heteroatoms. The van der Waals surface area contributed by atoms with Gasteiger partial charge in [-0.3, -0.25) is 4.79 Å². The van der Waals surface area contributed by atoms with Crippen molar-refractivity contribution >= 4 is 11.9 Å². The Balaban J connectivity index is 1.90. The third kappa shape index (κ3) is 3.81. The number of hydrogen-bond acceptors (Lipinski definition) is 3. The van der Waals surface area contributed by atoms with Crippen LogP contribution in [0, 0.1) is 5.92 Å². The van der Waals surface area contributed by atoms with Crippen molar-refractivity contribution < 1.29 is 27.9 Å². The third-order valence-corrected chi connectivity index (χ3v) is 4.57. The second-order valence-corrected chi connectivity index (χ2v) is 6.67. The Morgan fingerprint density at radius 1 is 1.22 bits per heavy atom. The Bertz CT molecular complexity index is 859. The van der Waals surface area contributed by atoms with Gasteiger partial charge in [-0.15, -0.1) is 0 Å². The average Bonchev–Trinajstić information content (AvgIpc) is 3.07. The highest BCUT2D eigenvalue weighted by atomic mass is 19.4. The van der Waals surface area contributed by atoms with E-state index in [9.17, 15) is 22.8 Å². The number of carboxylic acids is 1. The fourth-order valence-corrected chi connectivity index (χ4v) is 3.28. The van der Waals surface area contributed by atoms with E-state index in [-0.39, 0.29) is 11.6 Å². The first-order valence-corrected chi connectivity index (χ1v) is 8.46. The lowest BCUT2D eigenvalue weighted by Crippen LogP contribution is -2.39. The van der Waals surface area contributed by atoms with E-state index in [0.717, 1.165) is 12.8 Å². The van der Waals surface area contributed by atoms with Crippen LogP contribution in [-0.4, -0.2) is 44.8 Å². The highest BCUT2D eigenvalue weighted by Crippen LogP contribution is 2.33. The molecule has 6 nitrogen and oxygen atoms in total. The molecule has 0 saturated carbocycles. The van der Waals surface area contributed by atoms with Crippen molar-refractivity contribution in [2.75, 3.05) is 13.1 Å². The topological polar surface area (TPSA) is 75.4 Å². The molecule has 1 amide bonds. The van der Waals surface area contributed by atoms with Crippen LogP contribution in [0.5, 0.6) is 0 Å². The summed E-state index contributed by atoms with van der Waals surface area (Å²) < 4.78 is 40.4. The first-order valence-electron chi connectivity index (χ1n) is 8.46. The Morgan fingerprint density at radius 3 is 2.44 bits per heavy atom. The molecule has 0 aliphatic carbocycles. The van der Waals surface area contributed by atoms with Gasteiger partial charge in [0.05, 0.1) is 11.9 Å². The molecular formula is C18H18F3N3O3. The number of halogens is 3. The van der Waals surface area contributed by atoms with E-state index in [4.69, 9.17) is 5.11 Å². The zero-order chi connectivity index (χ0) is 19.8. The normalized spacial score (nSPS) is 17.8. The molecule has 0 bridgehead atoms. The number of carbonyl (C=O) groups excluding carboxylic acids is 1. The molecule has 3 rings (SSSR count). The van der Waals surface area contributed by atoms with Crippen molar-refractivity contribution in [2.45, 2.75) is 25.9 Å². The number of likely N-dealkylation sites (tertiary alicyclic amines) is 1. The summed E-state index contributed by atoms with van der Waals surface area (Å²) in [6.45, 7) is 3.38. The molecule has 0 spiro atoms. The SMILES string of the molecule is CC1CCCN(C(=O)c2ccc(-n3ncc(C(=O)O)c3C(F)(F)F)cc2)C1. The third-order valence-electron chi connectivity index (χ3n) is 4.57. The van der Waals surface area contributed by atoms with Crippen LogP contribution in [0.3, 0.4) is 0 Å². The quantitative estimate of drug-likeness (QED) is 0.884. The average molecular weight is 381 g/mol. The molecule has 1 aliphatic heterocycles. The first kappa shape index (κ1) is 18.9. The molecule has 1 aliphatic rings. The maximum Gasteiger partial charge on any atom is 0.434 e. The Morgan fingerprint density at radius 2 is 1.89 bits per heavy atom. The number of aromatic nitrogens is 2. The van der Waals surface area contributed by atoms with Gasteiger partial charge < -0.3 is 10.0 Å². The van der Waals surface area contributed by atoms with Gasteiger partial charge in [-0.1, -0.05) is 6.92 Å². The van der Waals surface area contributed by atoms with Gasteiger partial charge in [-0.25, -0.2) is 9.48 Å². The van der Waals surface area contributed by atoms with Crippen LogP contribution in [-0.2, 0) is 6.18 Å². The summed E-state index contributed by atoms with van der Waals surface area (Å²) in [4.78, 5) is 25.3. The smallest absolute Gasteiger partial charge is 0.434 e. The van der Waals surface area contributed by atoms with Crippen LogP contribution < -0.4 is 0 Å². The number of amides is 1. The fourth-order valence-electron chi connectivity index (χ4n) is 3.28. The van der Waals surface area contributed by atoms with Crippen molar-refractivity contribution in [1.29, 1.82) is 0 Å². The molecule has 27 heavy (non-hydrogen) atoms. The molecule has 2 heterocycles. The number of piperidine rings is 1. The van der Waals surface area contributed by atoms with Gasteiger partial charge in [-0.05, 0) is 43.0 Å². The molecule has 1 N–H and O–H groups in total. The van der Waals surface area contributed by atoms with Gasteiger partial charge in [0.2, 0.25) is 0 Å². The molecule has 2 aromatic rings. The number of alkyl halides is 3. The van der Waals surface area contributed by atoms with Crippen LogP contribution in [0.4, 0.5) is 13.2 Å². The molecule has 1 unspecified atom stereocenters. The Labute approximate surface area is 153 Å². The summed E-state index contributed by atoms with van der Waals surface area (Å²) in [7, 11) is 0. The number of carboxylic acid groups (broad SMARTS) is 1. The van der Waals surface area contributed by atoms with Crippen molar-refractivity contribution in [3.05, 3.63) is 47.3 Å². The predicted octanol–water partition coefficient (Wildman–Crippen LogP) is 3.46. The van der Waals surface area contributed by atoms with Crippen molar-refractivity contribution in [1.82, 2.24) is 14.7 Å². The molecule has 1 atom stereocenters. The summed E-state index contributed by atoms with van der Waals surface area (Å²) in [5, 5.41) is 12.5. The van der Waals surface area contributed by atoms with Crippen molar-refractivity contribution in [3.63, 3.8) is 0 Å². The minimum Gasteiger partial charge on any atom is -0.478 e. The Hall–Kier alpha value is -2.84. The van der Waals surface area contributed by atoms with Crippen molar-refractivity contribution in [3.8, 4) is 5.69 Å². The monoisotopic (exact) mass is 381 g/mol. The van der Waals surface area contributed by atoms with E-state index in [1.165, 1.54) is 24.3 Å². The first-order chi connectivity index (χ1) is 12.7. The highest BCUT2D eigenvalue weighted by molar-refractivity contribution is 5.94. The number of benzene rings is 1. The fraction of sp³-hybridized carbons (Fsp3) is 0.389. The lowest BCUT2D eigenvalue weighted by molar-refractivity contribution is -0.143. The Kier molecular flexibility index (Phi) is 4.95. The number of aromatic carboxylic acids is 1. The van der Waals surface area contributed by atoms with E-state index in [0.29, 0.717) is 35.4 Å². The number of rotatable bonds is 3. The minimum absolute atomic E-state index is 0.0263. The highest BCUT2D eigenvalue weighted by Gasteiger charge is 2.40. The van der Waals surface area contributed by atoms with Crippen LogP contribution in [0.1, 0.15) is 46.2 Å². The molecule has 1 saturated heterocycles. The lowest BCUT2D eigenvalue weighted by Gasteiger charge is -2.31. The second-order valence-electron chi connectivity index (χ2n) is 6.67. The molecule has 144 valence electrons. The zero-order valence-electron chi connectivity index (χ0n) is 14.5. The minimum atomic E-state index is -4.89. The summed E-state index contributed by atoms with van der Waals surface area (Å²) in [6, 6.07) is 5.52. The van der Waals surface area contributed by atoms with Gasteiger partial charge in [0.15, 0.2) is 5.69 Å². The van der Waals surface area contributed by atoms with Gasteiger partial charge in [0.25, 0.3) is 5.91 Å². The van der Waals surface area contributed by atoms with Gasteiger partial charge in [-0.2, -0.15) is 18.3 Å². The maximum atomic E-state index is 13.3. The van der Waals surface area contributed by atoms with E-state index in [2.05, 4.69) is 12.0 Å². The molecule has 0 radical (unpaired) electrons. The van der Waals surface area contributed by atoms with Crippen LogP contribution >= 0.6 is 0 Å². The second kappa shape index (κ2) is 7.05. The molecule has 1 fully saturated rings. The number of carbonyl (C=O) groups is 2. The van der Waals surface area contributed by atoms with Crippen molar-refractivity contribution in [2.24, 2.45) is 5.92 Å². The summed E-state index contributed by atoms with van der Waals surface area (Å²) in [5.41, 5.74) is -1.89. The van der Waals surface area contributed by atoms with E-state index >= 15 is 0 Å². The maximum absolute atomic E-state index is 13.3. The van der Waals surface area contributed by atoms with Crippen LogP contribution in [0.25, 0.3) is 5.69 Å². The molecule has 1 aromatic carbocycles. The van der Waals surface area contributed by atoms with Crippen LogP contribution in [0.15, 0.2) is 30.5 Å². The van der Waals surface area contributed by atoms with E-state index < -0.39 is 23.4 Å². The summed E-state index contributed by atoms with van der Waals surface area (Å²) >= 11 is 0. The van der Waals surface area contributed by atoms with E-state index in [1.54, 1.807) is 4.90 Å². The predicted molar refractivity (Wildman–Crippen MR) is 89.8 cm³/mol. The summed E-state index contributed by atoms with van der Waals surface area (Å²) in [5.74, 6) is -1.47. The van der Waals surface area contributed by atoms with Gasteiger partial charge in [0.1, 0.15) is 5.56 Å².